The van der Waals surface area contributed by atoms with E-state index in [2.05, 4.69) is 132 Å². The molecule has 482 valence electrons. The van der Waals surface area contributed by atoms with E-state index in [0.717, 1.165) is 94.4 Å². The number of benzene rings is 8. The normalized spacial score (nSPS) is 15.0. The molecule has 0 aliphatic carbocycles. The van der Waals surface area contributed by atoms with Crippen molar-refractivity contribution in [2.75, 3.05) is 42.6 Å². The van der Waals surface area contributed by atoms with Gasteiger partial charge in [-0.2, -0.15) is 13.0 Å². The van der Waals surface area contributed by atoms with Gasteiger partial charge in [0.25, 0.3) is 10.1 Å². The van der Waals surface area contributed by atoms with Crippen molar-refractivity contribution < 1.29 is 55.4 Å². The highest BCUT2D eigenvalue weighted by Gasteiger charge is 2.48. The van der Waals surface area contributed by atoms with E-state index in [0.29, 0.717) is 75.3 Å². The highest BCUT2D eigenvalue weighted by molar-refractivity contribution is 7.85. The van der Waals surface area contributed by atoms with E-state index in [1.54, 1.807) is 31.2 Å². The van der Waals surface area contributed by atoms with Gasteiger partial charge in [-0.25, -0.2) is 8.42 Å². The lowest BCUT2D eigenvalue weighted by Gasteiger charge is -2.28. The molecule has 16 nitrogen and oxygen atoms in total. The molecule has 2 heterocycles. The van der Waals surface area contributed by atoms with Gasteiger partial charge in [-0.3, -0.25) is 19.1 Å². The van der Waals surface area contributed by atoms with Crippen molar-refractivity contribution >= 4 is 95.5 Å². The summed E-state index contributed by atoms with van der Waals surface area (Å²) >= 11 is 0. The third kappa shape index (κ3) is 15.7. The monoisotopic (exact) mass is 1290 g/mol. The summed E-state index contributed by atoms with van der Waals surface area (Å²) in [4.78, 5) is 19.2. The average molecular weight is 1290 g/mol. The Morgan fingerprint density at radius 2 is 1.14 bits per heavy atom. The highest BCUT2D eigenvalue weighted by Crippen LogP contribution is 2.49. The fraction of sp³-hybridized carbons (Fsp3) is 0.288. The molecule has 0 spiro atoms. The zero-order valence-electron chi connectivity index (χ0n) is 53.4. The number of para-hydroxylation sites is 2. The maximum Gasteiger partial charge on any atom is 0.488 e. The van der Waals surface area contributed by atoms with Gasteiger partial charge in [-0.1, -0.05) is 178 Å². The van der Waals surface area contributed by atoms with Gasteiger partial charge < -0.3 is 34.9 Å². The quantitative estimate of drug-likeness (QED) is 0.00671. The summed E-state index contributed by atoms with van der Waals surface area (Å²) in [5.41, 5.74) is 12.1. The molecule has 0 fully saturated rings. The van der Waals surface area contributed by atoms with Crippen LogP contribution in [0.25, 0.3) is 27.1 Å². The summed E-state index contributed by atoms with van der Waals surface area (Å²) in [6, 6.07) is 55.8. The molecule has 0 aromatic heterocycles. The number of rotatable bonds is 28. The molecule has 0 unspecified atom stereocenters. The summed E-state index contributed by atoms with van der Waals surface area (Å²) in [6.07, 6.45) is 5.05. The van der Waals surface area contributed by atoms with Crippen LogP contribution in [0.3, 0.4) is 0 Å². The summed E-state index contributed by atoms with van der Waals surface area (Å²) < 4.78 is 72.5. The first-order chi connectivity index (χ1) is 44.3. The Balaban J connectivity index is 1.07. The first kappa shape index (κ1) is 68.0. The van der Waals surface area contributed by atoms with Crippen molar-refractivity contribution in [1.29, 1.82) is 0 Å². The lowest BCUT2D eigenvalue weighted by Crippen LogP contribution is -2.36. The van der Waals surface area contributed by atoms with Crippen LogP contribution >= 0.6 is 0 Å². The molecular weight excluding hydrogens is 1210 g/mol. The number of fused-ring (bicyclic) bond motifs is 4. The first-order valence-electron chi connectivity index (χ1n) is 31.5. The molecule has 2 aliphatic rings. The minimum Gasteiger partial charge on any atom is -0.748 e. The van der Waals surface area contributed by atoms with Gasteiger partial charge in [0, 0.05) is 104 Å². The van der Waals surface area contributed by atoms with Crippen molar-refractivity contribution in [2.45, 2.75) is 97.4 Å². The lowest BCUT2D eigenvalue weighted by molar-refractivity contribution is -0.436. The number of anilines is 1. The summed E-state index contributed by atoms with van der Waals surface area (Å²) in [5.74, 6) is -1.16. The van der Waals surface area contributed by atoms with Gasteiger partial charge in [0.2, 0.25) is 11.6 Å². The number of nitrogens with one attached hydrogen (secondary N) is 1. The Bertz CT molecular complexity index is 4380. The second-order valence-electron chi connectivity index (χ2n) is 25.5. The van der Waals surface area contributed by atoms with Crippen LogP contribution in [0.1, 0.15) is 98.4 Å². The molecule has 0 saturated carbocycles. The summed E-state index contributed by atoms with van der Waals surface area (Å²) in [5, 5.41) is 49.6. The van der Waals surface area contributed by atoms with E-state index in [-0.39, 0.29) is 25.3 Å². The first-order valence-corrected chi connectivity index (χ1v) is 34.7. The number of hydrogen-bond acceptors (Lipinski definition) is 13. The van der Waals surface area contributed by atoms with Gasteiger partial charge in [0.05, 0.1) is 21.3 Å². The van der Waals surface area contributed by atoms with Crippen LogP contribution in [-0.2, 0) is 68.6 Å². The van der Waals surface area contributed by atoms with Crippen LogP contribution in [0.4, 0.5) is 11.4 Å². The molecule has 0 saturated heterocycles. The van der Waals surface area contributed by atoms with Crippen molar-refractivity contribution in [3.05, 3.63) is 244 Å². The standard InChI is InChI=1S/C73H81B2N5O11S2/c1-51(2)71(81)76-40-19-41-77(47-54-22-7-15-30-65(54)74(82)83)49-61-57-24-9-11-26-59(57)62(60-27-12-10-25-58(60)61)50-78(48-55-23-8-16-31-66(55)75(84)85)46-52-34-36-53(37-35-52)56(70-73(5,6)64-29-14-18-33-68(64)80(70)43-21-45-93(89,90)91)38-39-69-72(3,4)63-28-13-17-32-67(63)79(69)42-20-44-92(86,87)88/h7-18,22-39,82-85H,1,19-21,40-50H2,2-6H3,(H2-,76,81,86,87,88,89,90,91). The third-order valence-electron chi connectivity index (χ3n) is 18.1. The summed E-state index contributed by atoms with van der Waals surface area (Å²) in [7, 11) is -12.2. The molecular formula is C73H81B2N5O11S2. The molecule has 8 aromatic carbocycles. The number of carbonyl (C=O) groups is 1. The zero-order chi connectivity index (χ0) is 66.4. The van der Waals surface area contributed by atoms with Crippen LogP contribution in [0.5, 0.6) is 0 Å². The summed E-state index contributed by atoms with van der Waals surface area (Å²) in [6.45, 7) is 17.6. The van der Waals surface area contributed by atoms with Crippen molar-refractivity contribution in [2.24, 2.45) is 0 Å². The smallest absolute Gasteiger partial charge is 0.488 e. The molecule has 8 aromatic rings. The largest absolute Gasteiger partial charge is 0.748 e. The minimum absolute atomic E-state index is 0.0830. The van der Waals surface area contributed by atoms with Crippen molar-refractivity contribution in [1.82, 2.24) is 15.1 Å². The van der Waals surface area contributed by atoms with E-state index in [9.17, 15) is 50.8 Å². The molecule has 0 atom stereocenters. The van der Waals surface area contributed by atoms with Gasteiger partial charge >= 0.3 is 14.2 Å². The topological polar surface area (TPSA) is 234 Å². The molecule has 2 aliphatic heterocycles. The molecule has 6 N–H and O–H groups in total. The Labute approximate surface area is 547 Å². The van der Waals surface area contributed by atoms with Crippen LogP contribution in [0.15, 0.2) is 200 Å². The van der Waals surface area contributed by atoms with Crippen LogP contribution in [0, 0.1) is 0 Å². The van der Waals surface area contributed by atoms with Gasteiger partial charge in [0.1, 0.15) is 6.54 Å². The predicted octanol–water partition coefficient (Wildman–Crippen LogP) is 8.99. The number of carbonyl (C=O) groups excluding carboxylic acids is 1. The second kappa shape index (κ2) is 28.8. The molecule has 20 heteroatoms. The van der Waals surface area contributed by atoms with Gasteiger partial charge in [0.15, 0.2) is 5.71 Å². The van der Waals surface area contributed by atoms with Gasteiger partial charge in [-0.15, -0.1) is 0 Å². The average Bonchev–Trinajstić information content (AvgIpc) is 1.67. The van der Waals surface area contributed by atoms with Crippen LogP contribution < -0.4 is 21.1 Å². The number of hydrogen-bond donors (Lipinski definition) is 6. The number of amides is 1. The van der Waals surface area contributed by atoms with E-state index in [1.165, 1.54) is 0 Å². The SMILES string of the molecule is C=C(C)C(=O)NCCCN(Cc1ccccc1B(O)O)Cc1c2ccccc2c(CN(Cc2ccc(/C(=C\C=C3/N(CCCS(=O)(=O)O)c4ccccc4C3(C)C)C3=[N+](CCCS(=O)(=O)[O-])c4ccccc4C3(C)C)cc2)Cc2ccccc2B(O)O)c2ccccc12. The maximum atomic E-state index is 12.5. The molecule has 10 rings (SSSR count). The van der Waals surface area contributed by atoms with Crippen molar-refractivity contribution in [3.63, 3.8) is 0 Å². The van der Waals surface area contributed by atoms with E-state index in [4.69, 9.17) is 0 Å². The Kier molecular flexibility index (Phi) is 21.1. The number of allylic oxidation sites excluding steroid dienone is 4. The second-order valence-corrected chi connectivity index (χ2v) is 28.6. The van der Waals surface area contributed by atoms with Gasteiger partial charge in [-0.05, 0) is 123 Å². The Morgan fingerprint density at radius 1 is 0.624 bits per heavy atom. The van der Waals surface area contributed by atoms with Crippen LogP contribution in [0.2, 0.25) is 0 Å². The van der Waals surface area contributed by atoms with E-state index >= 15 is 0 Å². The fourth-order valence-electron chi connectivity index (χ4n) is 13.7. The molecule has 0 bridgehead atoms. The van der Waals surface area contributed by atoms with E-state index < -0.39 is 56.8 Å². The van der Waals surface area contributed by atoms with Crippen LogP contribution in [-0.4, -0.2) is 124 Å². The maximum absolute atomic E-state index is 12.5. The highest BCUT2D eigenvalue weighted by atomic mass is 32.2. The minimum atomic E-state index is -4.53. The molecule has 0 radical (unpaired) electrons. The molecule has 93 heavy (non-hydrogen) atoms. The zero-order valence-corrected chi connectivity index (χ0v) is 55.0. The fourth-order valence-corrected chi connectivity index (χ4v) is 14.7. The van der Waals surface area contributed by atoms with E-state index in [1.807, 2.05) is 84.9 Å². The number of nitrogens with zero attached hydrogens (tertiary/aromatic N) is 4. The Hall–Kier alpha value is -7.85. The van der Waals surface area contributed by atoms with Crippen molar-refractivity contribution in [3.8, 4) is 0 Å². The molecule has 1 amide bonds. The Morgan fingerprint density at radius 3 is 1.70 bits per heavy atom. The lowest BCUT2D eigenvalue weighted by atomic mass is 9.76. The third-order valence-corrected chi connectivity index (χ3v) is 19.7. The predicted molar refractivity (Wildman–Crippen MR) is 372 cm³/mol.